The van der Waals surface area contributed by atoms with E-state index in [9.17, 15) is 13.5 Å². The predicted molar refractivity (Wildman–Crippen MR) is 72.9 cm³/mol. The van der Waals surface area contributed by atoms with E-state index in [2.05, 4.69) is 15.9 Å². The van der Waals surface area contributed by atoms with E-state index < -0.39 is 19.6 Å². The van der Waals surface area contributed by atoms with Gasteiger partial charge in [0.1, 0.15) is 6.10 Å². The normalized spacial score (nSPS) is 17.5. The molecule has 1 aromatic rings. The molecule has 0 aromatic heterocycles. The average molecular weight is 321 g/mol. The Morgan fingerprint density at radius 2 is 1.94 bits per heavy atom. The molecule has 0 aliphatic carbocycles. The first kappa shape index (κ1) is 14.7. The number of aliphatic hydroxyl groups excluding tert-OH is 1. The summed E-state index contributed by atoms with van der Waals surface area (Å²) in [6, 6.07) is 7.24. The van der Waals surface area contributed by atoms with Gasteiger partial charge in [-0.15, -0.1) is 0 Å². The Labute approximate surface area is 111 Å². The minimum Gasteiger partial charge on any atom is -0.386 e. The third-order valence-electron chi connectivity index (χ3n) is 2.99. The van der Waals surface area contributed by atoms with Crippen LogP contribution >= 0.6 is 15.9 Å². The number of benzene rings is 1. The van der Waals surface area contributed by atoms with E-state index in [1.807, 2.05) is 19.1 Å². The molecule has 0 fully saturated rings. The molecule has 1 rings (SSSR count). The van der Waals surface area contributed by atoms with Gasteiger partial charge in [-0.05, 0) is 24.5 Å². The lowest BCUT2D eigenvalue weighted by Crippen LogP contribution is -2.37. The van der Waals surface area contributed by atoms with E-state index in [-0.39, 0.29) is 0 Å². The summed E-state index contributed by atoms with van der Waals surface area (Å²) in [6.45, 7) is 3.58. The maximum atomic E-state index is 11.8. The molecule has 3 nitrogen and oxygen atoms in total. The van der Waals surface area contributed by atoms with E-state index in [1.165, 1.54) is 0 Å². The van der Waals surface area contributed by atoms with Crippen molar-refractivity contribution >= 4 is 25.8 Å². The van der Waals surface area contributed by atoms with Gasteiger partial charge in [-0.2, -0.15) is 0 Å². The van der Waals surface area contributed by atoms with Crippen LogP contribution in [0, 0.1) is 6.92 Å². The zero-order valence-electron chi connectivity index (χ0n) is 10.1. The Kier molecular flexibility index (Phi) is 4.38. The van der Waals surface area contributed by atoms with Crippen LogP contribution in [0.5, 0.6) is 0 Å². The summed E-state index contributed by atoms with van der Waals surface area (Å²) in [5, 5.41) is 10.3. The molecule has 1 N–H and O–H groups in total. The highest BCUT2D eigenvalue weighted by Gasteiger charge is 2.44. The van der Waals surface area contributed by atoms with Gasteiger partial charge in [-0.3, -0.25) is 0 Å². The highest BCUT2D eigenvalue weighted by Crippen LogP contribution is 2.41. The molecule has 0 aliphatic heterocycles. The lowest BCUT2D eigenvalue weighted by Gasteiger charge is -2.30. The van der Waals surface area contributed by atoms with E-state index >= 15 is 0 Å². The van der Waals surface area contributed by atoms with Crippen molar-refractivity contribution in [3.8, 4) is 0 Å². The number of hydrogen-bond donors (Lipinski definition) is 1. The molecular formula is C12H17BrO3S. The van der Waals surface area contributed by atoms with Crippen LogP contribution < -0.4 is 0 Å². The molecule has 0 spiro atoms. The van der Waals surface area contributed by atoms with Crippen molar-refractivity contribution in [3.63, 3.8) is 0 Å². The monoisotopic (exact) mass is 320 g/mol. The Hall–Kier alpha value is -0.390. The molecule has 1 aromatic carbocycles. The van der Waals surface area contributed by atoms with Crippen molar-refractivity contribution < 1.29 is 13.5 Å². The first-order valence-corrected chi connectivity index (χ1v) is 8.04. The fourth-order valence-corrected chi connectivity index (χ4v) is 3.09. The van der Waals surface area contributed by atoms with Crippen LogP contribution in [0.2, 0.25) is 0 Å². The summed E-state index contributed by atoms with van der Waals surface area (Å²) in [4.78, 5) is 0. The Morgan fingerprint density at radius 3 is 2.35 bits per heavy atom. The molecule has 2 atom stereocenters. The van der Waals surface area contributed by atoms with E-state index in [0.29, 0.717) is 12.0 Å². The molecule has 0 heterocycles. The van der Waals surface area contributed by atoms with Crippen LogP contribution in [0.1, 0.15) is 30.6 Å². The SMILES string of the molecule is CC[C@](Br)([C@@H](O)c1ccccc1C)S(C)(=O)=O. The zero-order valence-corrected chi connectivity index (χ0v) is 12.5. The van der Waals surface area contributed by atoms with Gasteiger partial charge in [-0.1, -0.05) is 47.1 Å². The number of alkyl halides is 1. The van der Waals surface area contributed by atoms with Crippen LogP contribution in [-0.2, 0) is 9.84 Å². The van der Waals surface area contributed by atoms with Gasteiger partial charge < -0.3 is 5.11 Å². The van der Waals surface area contributed by atoms with E-state index in [0.717, 1.165) is 11.8 Å². The first-order chi connectivity index (χ1) is 7.74. The van der Waals surface area contributed by atoms with Crippen LogP contribution in [0.15, 0.2) is 24.3 Å². The number of aryl methyl sites for hydroxylation is 1. The molecule has 5 heteroatoms. The Bertz CT molecular complexity index is 498. The third-order valence-corrected chi connectivity index (χ3v) is 7.49. The highest BCUT2D eigenvalue weighted by atomic mass is 79.9. The maximum absolute atomic E-state index is 11.8. The second-order valence-corrected chi connectivity index (χ2v) is 8.38. The van der Waals surface area contributed by atoms with Gasteiger partial charge in [0.05, 0.1) is 0 Å². The molecular weight excluding hydrogens is 304 g/mol. The molecule has 0 saturated heterocycles. The van der Waals surface area contributed by atoms with Crippen LogP contribution in [-0.4, -0.2) is 23.4 Å². The van der Waals surface area contributed by atoms with Crippen LogP contribution in [0.3, 0.4) is 0 Å². The van der Waals surface area contributed by atoms with Gasteiger partial charge in [0.2, 0.25) is 0 Å². The van der Waals surface area contributed by atoms with Crippen molar-refractivity contribution in [2.24, 2.45) is 0 Å². The molecule has 0 radical (unpaired) electrons. The summed E-state index contributed by atoms with van der Waals surface area (Å²) < 4.78 is 22.3. The van der Waals surface area contributed by atoms with Gasteiger partial charge >= 0.3 is 0 Å². The second-order valence-electron chi connectivity index (χ2n) is 4.17. The van der Waals surface area contributed by atoms with Crippen LogP contribution in [0.25, 0.3) is 0 Å². The van der Waals surface area contributed by atoms with Crippen molar-refractivity contribution in [2.75, 3.05) is 6.26 Å². The Balaban J connectivity index is 3.29. The fraction of sp³-hybridized carbons (Fsp3) is 0.500. The number of halogens is 1. The number of sulfone groups is 1. The Morgan fingerprint density at radius 1 is 1.41 bits per heavy atom. The zero-order chi connectivity index (χ0) is 13.3. The van der Waals surface area contributed by atoms with Gasteiger partial charge in [0.25, 0.3) is 0 Å². The van der Waals surface area contributed by atoms with E-state index in [1.54, 1.807) is 19.1 Å². The minimum atomic E-state index is -3.41. The molecule has 0 aliphatic rings. The summed E-state index contributed by atoms with van der Waals surface area (Å²) in [7, 11) is -3.41. The average Bonchev–Trinajstić information content (AvgIpc) is 2.26. The molecule has 0 saturated carbocycles. The van der Waals surface area contributed by atoms with Crippen molar-refractivity contribution in [3.05, 3.63) is 35.4 Å². The van der Waals surface area contributed by atoms with Gasteiger partial charge in [0.15, 0.2) is 13.5 Å². The minimum absolute atomic E-state index is 0.293. The summed E-state index contributed by atoms with van der Waals surface area (Å²) in [5.41, 5.74) is 1.51. The molecule has 17 heavy (non-hydrogen) atoms. The summed E-state index contributed by atoms with van der Waals surface area (Å²) in [5.74, 6) is 0. The summed E-state index contributed by atoms with van der Waals surface area (Å²) >= 11 is 3.20. The quantitative estimate of drug-likeness (QED) is 0.867. The number of hydrogen-bond acceptors (Lipinski definition) is 3. The lowest BCUT2D eigenvalue weighted by atomic mass is 10.00. The second kappa shape index (κ2) is 5.08. The van der Waals surface area contributed by atoms with Crippen LogP contribution in [0.4, 0.5) is 0 Å². The lowest BCUT2D eigenvalue weighted by molar-refractivity contribution is 0.159. The number of aliphatic hydroxyl groups is 1. The van der Waals surface area contributed by atoms with E-state index in [4.69, 9.17) is 0 Å². The van der Waals surface area contributed by atoms with Crippen molar-refractivity contribution in [2.45, 2.75) is 30.0 Å². The first-order valence-electron chi connectivity index (χ1n) is 5.36. The van der Waals surface area contributed by atoms with Crippen molar-refractivity contribution in [1.82, 2.24) is 0 Å². The smallest absolute Gasteiger partial charge is 0.166 e. The maximum Gasteiger partial charge on any atom is 0.166 e. The third kappa shape index (κ3) is 2.72. The highest BCUT2D eigenvalue weighted by molar-refractivity contribution is 9.11. The molecule has 0 bridgehead atoms. The predicted octanol–water partition coefficient (Wildman–Crippen LogP) is 2.57. The van der Waals surface area contributed by atoms with Gasteiger partial charge in [0, 0.05) is 6.26 Å². The molecule has 0 amide bonds. The largest absolute Gasteiger partial charge is 0.386 e. The number of rotatable bonds is 4. The topological polar surface area (TPSA) is 54.4 Å². The van der Waals surface area contributed by atoms with Gasteiger partial charge in [-0.25, -0.2) is 8.42 Å². The fourth-order valence-electron chi connectivity index (χ4n) is 1.78. The molecule has 96 valence electrons. The standard InChI is InChI=1S/C12H17BrO3S/c1-4-12(13,17(3,15)16)11(14)10-8-6-5-7-9(10)2/h5-8,11,14H,4H2,1-3H3/t11-,12+/m0/s1. The van der Waals surface area contributed by atoms with Crippen molar-refractivity contribution in [1.29, 1.82) is 0 Å². The molecule has 0 unspecified atom stereocenters. The summed E-state index contributed by atoms with van der Waals surface area (Å²) in [6.07, 6.45) is 0.345.